The van der Waals surface area contributed by atoms with Crippen LogP contribution in [0.5, 0.6) is 5.75 Å². The number of halogens is 3. The van der Waals surface area contributed by atoms with Gasteiger partial charge in [-0.3, -0.25) is 4.90 Å². The molecule has 146 valence electrons. The molecule has 1 aliphatic rings. The highest BCUT2D eigenvalue weighted by atomic mass is 19.4. The van der Waals surface area contributed by atoms with E-state index >= 15 is 0 Å². The summed E-state index contributed by atoms with van der Waals surface area (Å²) < 4.78 is 44.0. The number of alkyl halides is 3. The smallest absolute Gasteiger partial charge is 0.416 e. The van der Waals surface area contributed by atoms with Gasteiger partial charge in [0.15, 0.2) is 0 Å². The Hall–Kier alpha value is -2.87. The zero-order valence-corrected chi connectivity index (χ0v) is 14.9. The van der Waals surface area contributed by atoms with E-state index in [0.29, 0.717) is 12.4 Å². The van der Waals surface area contributed by atoms with Crippen molar-refractivity contribution in [3.8, 4) is 17.1 Å². The molecule has 1 saturated heterocycles. The van der Waals surface area contributed by atoms with Crippen LogP contribution in [0.1, 0.15) is 35.9 Å². The van der Waals surface area contributed by atoms with Gasteiger partial charge in [0, 0.05) is 11.6 Å². The summed E-state index contributed by atoms with van der Waals surface area (Å²) in [6, 6.07) is 12.1. The molecule has 1 atom stereocenters. The molecule has 0 bridgehead atoms. The van der Waals surface area contributed by atoms with Crippen molar-refractivity contribution in [1.82, 2.24) is 15.0 Å². The van der Waals surface area contributed by atoms with Crippen LogP contribution in [0, 0.1) is 0 Å². The number of aromatic nitrogens is 2. The first-order valence-electron chi connectivity index (χ1n) is 8.93. The monoisotopic (exact) mass is 389 g/mol. The molecular formula is C20H18F3N3O2. The topological polar surface area (TPSA) is 62.4 Å². The molecule has 1 fully saturated rings. The van der Waals surface area contributed by atoms with Gasteiger partial charge >= 0.3 is 6.18 Å². The fourth-order valence-corrected chi connectivity index (χ4v) is 3.53. The van der Waals surface area contributed by atoms with Gasteiger partial charge in [0.2, 0.25) is 11.7 Å². The molecule has 0 unspecified atom stereocenters. The van der Waals surface area contributed by atoms with Crippen LogP contribution in [0.3, 0.4) is 0 Å². The number of hydrogen-bond acceptors (Lipinski definition) is 5. The Balaban J connectivity index is 1.51. The van der Waals surface area contributed by atoms with E-state index in [0.717, 1.165) is 37.1 Å². The van der Waals surface area contributed by atoms with Crippen molar-refractivity contribution in [2.24, 2.45) is 0 Å². The predicted molar refractivity (Wildman–Crippen MR) is 95.2 cm³/mol. The van der Waals surface area contributed by atoms with Gasteiger partial charge in [-0.1, -0.05) is 29.4 Å². The van der Waals surface area contributed by atoms with E-state index in [2.05, 4.69) is 15.0 Å². The van der Waals surface area contributed by atoms with Crippen molar-refractivity contribution in [2.75, 3.05) is 6.54 Å². The van der Waals surface area contributed by atoms with Crippen LogP contribution in [0.4, 0.5) is 13.2 Å². The molecule has 1 N–H and O–H groups in total. The van der Waals surface area contributed by atoms with E-state index < -0.39 is 11.7 Å². The molecule has 1 aromatic heterocycles. The minimum atomic E-state index is -4.42. The van der Waals surface area contributed by atoms with Gasteiger partial charge in [-0.2, -0.15) is 18.2 Å². The van der Waals surface area contributed by atoms with E-state index in [1.54, 1.807) is 12.1 Å². The van der Waals surface area contributed by atoms with Crippen molar-refractivity contribution in [3.05, 3.63) is 65.5 Å². The van der Waals surface area contributed by atoms with E-state index in [1.165, 1.54) is 12.1 Å². The molecule has 4 rings (SSSR count). The quantitative estimate of drug-likeness (QED) is 0.695. The number of phenols is 1. The highest BCUT2D eigenvalue weighted by Gasteiger charge is 2.31. The fourth-order valence-electron chi connectivity index (χ4n) is 3.53. The SMILES string of the molecule is Oc1ccc([C@H]2CCCN2Cc2nc(-c3cccc(C(F)(F)F)c3)no2)cc1. The maximum absolute atomic E-state index is 12.9. The first-order chi connectivity index (χ1) is 13.4. The maximum atomic E-state index is 12.9. The molecule has 28 heavy (non-hydrogen) atoms. The van der Waals surface area contributed by atoms with E-state index in [9.17, 15) is 18.3 Å². The summed E-state index contributed by atoms with van der Waals surface area (Å²) in [5.41, 5.74) is 0.609. The zero-order chi connectivity index (χ0) is 19.7. The second-order valence-corrected chi connectivity index (χ2v) is 6.81. The second kappa shape index (κ2) is 7.27. The van der Waals surface area contributed by atoms with Crippen LogP contribution in [0.15, 0.2) is 53.1 Å². The Bertz CT molecular complexity index is 954. The molecule has 0 radical (unpaired) electrons. The first kappa shape index (κ1) is 18.5. The average Bonchev–Trinajstić information content (AvgIpc) is 3.32. The maximum Gasteiger partial charge on any atom is 0.416 e. The van der Waals surface area contributed by atoms with Crippen LogP contribution in [0.2, 0.25) is 0 Å². The number of phenolic OH excluding ortho intramolecular Hbond substituents is 1. The number of benzene rings is 2. The molecule has 0 aliphatic carbocycles. The summed E-state index contributed by atoms with van der Waals surface area (Å²) in [6.07, 6.45) is -2.44. The largest absolute Gasteiger partial charge is 0.508 e. The Morgan fingerprint density at radius 3 is 2.68 bits per heavy atom. The highest BCUT2D eigenvalue weighted by Crippen LogP contribution is 2.34. The molecule has 2 heterocycles. The molecular weight excluding hydrogens is 371 g/mol. The van der Waals surface area contributed by atoms with E-state index in [1.807, 2.05) is 12.1 Å². The lowest BCUT2D eigenvalue weighted by atomic mass is 10.0. The van der Waals surface area contributed by atoms with Crippen LogP contribution in [0.25, 0.3) is 11.4 Å². The minimum Gasteiger partial charge on any atom is -0.508 e. The van der Waals surface area contributed by atoms with Gasteiger partial charge in [0.25, 0.3) is 0 Å². The minimum absolute atomic E-state index is 0.140. The van der Waals surface area contributed by atoms with Gasteiger partial charge in [0.1, 0.15) is 5.75 Å². The lowest BCUT2D eigenvalue weighted by molar-refractivity contribution is -0.137. The van der Waals surface area contributed by atoms with Crippen LogP contribution < -0.4 is 0 Å². The summed E-state index contributed by atoms with van der Waals surface area (Å²) in [7, 11) is 0. The summed E-state index contributed by atoms with van der Waals surface area (Å²) in [6.45, 7) is 1.27. The standard InChI is InChI=1S/C20H18F3N3O2/c21-20(22,23)15-4-1-3-14(11-15)19-24-18(28-25-19)12-26-10-2-5-17(26)13-6-8-16(27)9-7-13/h1,3-4,6-9,11,17,27H,2,5,10,12H2/t17-/m1/s1. The van der Waals surface area contributed by atoms with Gasteiger partial charge in [-0.05, 0) is 49.2 Å². The van der Waals surface area contributed by atoms with Crippen LogP contribution >= 0.6 is 0 Å². The fraction of sp³-hybridized carbons (Fsp3) is 0.300. The number of hydrogen-bond donors (Lipinski definition) is 1. The third-order valence-corrected chi connectivity index (χ3v) is 4.90. The van der Waals surface area contributed by atoms with Crippen LogP contribution in [-0.2, 0) is 12.7 Å². The van der Waals surface area contributed by atoms with Crippen LogP contribution in [-0.4, -0.2) is 26.7 Å². The van der Waals surface area contributed by atoms with E-state index in [-0.39, 0.29) is 23.2 Å². The number of nitrogens with zero attached hydrogens (tertiary/aromatic N) is 3. The molecule has 0 saturated carbocycles. The van der Waals surface area contributed by atoms with Gasteiger partial charge < -0.3 is 9.63 Å². The average molecular weight is 389 g/mol. The van der Waals surface area contributed by atoms with E-state index in [4.69, 9.17) is 4.52 Å². The molecule has 5 nitrogen and oxygen atoms in total. The molecule has 2 aromatic carbocycles. The van der Waals surface area contributed by atoms with Crippen molar-refractivity contribution in [1.29, 1.82) is 0 Å². The number of rotatable bonds is 4. The zero-order valence-electron chi connectivity index (χ0n) is 14.9. The van der Waals surface area contributed by atoms with Crippen molar-refractivity contribution in [3.63, 3.8) is 0 Å². The Morgan fingerprint density at radius 1 is 1.14 bits per heavy atom. The third-order valence-electron chi connectivity index (χ3n) is 4.90. The number of likely N-dealkylation sites (tertiary alicyclic amines) is 1. The number of aromatic hydroxyl groups is 1. The van der Waals surface area contributed by atoms with Gasteiger partial charge in [-0.25, -0.2) is 0 Å². The Kier molecular flexibility index (Phi) is 4.80. The Labute approximate surface area is 159 Å². The van der Waals surface area contributed by atoms with Crippen molar-refractivity contribution in [2.45, 2.75) is 31.6 Å². The Morgan fingerprint density at radius 2 is 1.93 bits per heavy atom. The summed E-state index contributed by atoms with van der Waals surface area (Å²) in [4.78, 5) is 6.47. The van der Waals surface area contributed by atoms with Crippen molar-refractivity contribution >= 4 is 0 Å². The lowest BCUT2D eigenvalue weighted by Crippen LogP contribution is -2.22. The molecule has 3 aromatic rings. The van der Waals surface area contributed by atoms with Gasteiger partial charge in [0.05, 0.1) is 12.1 Å². The molecule has 1 aliphatic heterocycles. The molecule has 0 spiro atoms. The highest BCUT2D eigenvalue weighted by molar-refractivity contribution is 5.55. The van der Waals surface area contributed by atoms with Gasteiger partial charge in [-0.15, -0.1) is 0 Å². The molecule has 8 heteroatoms. The normalized spacial score (nSPS) is 17.9. The summed E-state index contributed by atoms with van der Waals surface area (Å²) >= 11 is 0. The first-order valence-corrected chi connectivity index (χ1v) is 8.93. The summed E-state index contributed by atoms with van der Waals surface area (Å²) in [5.74, 6) is 0.718. The second-order valence-electron chi connectivity index (χ2n) is 6.81. The summed E-state index contributed by atoms with van der Waals surface area (Å²) in [5, 5.41) is 13.3. The molecule has 0 amide bonds. The van der Waals surface area contributed by atoms with Crippen molar-refractivity contribution < 1.29 is 22.8 Å². The lowest BCUT2D eigenvalue weighted by Gasteiger charge is -2.23. The third kappa shape index (κ3) is 3.87. The predicted octanol–water partition coefficient (Wildman–Crippen LogP) is 4.80.